The molecule has 0 spiro atoms. The molecule has 3 aliphatic rings. The third-order valence-electron chi connectivity index (χ3n) is 12.4. The molecule has 3 aromatic rings. The predicted octanol–water partition coefficient (Wildman–Crippen LogP) is 13.8. The van der Waals surface area contributed by atoms with E-state index < -0.39 is 21.5 Å². The molecule has 1 saturated carbocycles. The van der Waals surface area contributed by atoms with Gasteiger partial charge in [-0.25, -0.2) is 0 Å². The molecule has 0 aromatic heterocycles. The van der Waals surface area contributed by atoms with Crippen molar-refractivity contribution in [3.8, 4) is 11.1 Å². The maximum absolute atomic E-state index is 8.79. The number of rotatable bonds is 9. The molecule has 6 rings (SSSR count). The Labute approximate surface area is 288 Å². The second-order valence-electron chi connectivity index (χ2n) is 15.7. The summed E-state index contributed by atoms with van der Waals surface area (Å²) in [6.45, 7) is 19.0. The quantitative estimate of drug-likeness (QED) is 0.191. The van der Waals surface area contributed by atoms with E-state index in [1.165, 1.54) is 75.8 Å². The SMILES string of the molecule is CCC1=Cc2c(-c3ccc(C(C)C)cc3)cccc2[CH]1[Zr]([Cl])([Cl])([CH]1C(C2CCC(C)CC2)=Cc2c(C(C)CC)cccc21)[SiH](C)C. The molecule has 1 fully saturated rings. The molecule has 0 bridgehead atoms. The molecule has 4 heteroatoms. The summed E-state index contributed by atoms with van der Waals surface area (Å²) in [5.41, 5.74) is 14.3. The molecular formula is C42H55Cl2SiZr. The molecule has 0 amide bonds. The Bertz CT molecular complexity index is 1660. The summed E-state index contributed by atoms with van der Waals surface area (Å²) in [5.74, 6) is 0.839. The van der Waals surface area contributed by atoms with Crippen molar-refractivity contribution in [1.82, 2.24) is 0 Å². The summed E-state index contributed by atoms with van der Waals surface area (Å²) in [5, 5.41) is 0. The van der Waals surface area contributed by atoms with Crippen LogP contribution in [0.1, 0.15) is 133 Å². The van der Waals surface area contributed by atoms with Crippen molar-refractivity contribution in [3.63, 3.8) is 0 Å². The van der Waals surface area contributed by atoms with E-state index in [2.05, 4.69) is 127 Å². The van der Waals surface area contributed by atoms with Crippen LogP contribution in [0.4, 0.5) is 0 Å². The van der Waals surface area contributed by atoms with E-state index in [9.17, 15) is 0 Å². The van der Waals surface area contributed by atoms with E-state index in [0.29, 0.717) is 17.8 Å². The molecule has 3 atom stereocenters. The van der Waals surface area contributed by atoms with Gasteiger partial charge in [0.15, 0.2) is 0 Å². The first-order chi connectivity index (χ1) is 21.9. The molecule has 0 saturated heterocycles. The van der Waals surface area contributed by atoms with Gasteiger partial charge >= 0.3 is 291 Å². The number of halogens is 2. The fourth-order valence-corrected chi connectivity index (χ4v) is 40.6. The van der Waals surface area contributed by atoms with Crippen LogP contribution in [-0.4, -0.2) is 5.92 Å². The Morgan fingerprint density at radius 3 is 2.00 bits per heavy atom. The van der Waals surface area contributed by atoms with Crippen LogP contribution in [0.25, 0.3) is 23.3 Å². The first-order valence-corrected chi connectivity index (χ1v) is 34.6. The summed E-state index contributed by atoms with van der Waals surface area (Å²) in [6.07, 6.45) is 12.4. The average Bonchev–Trinajstić information content (AvgIpc) is 3.65. The summed E-state index contributed by atoms with van der Waals surface area (Å²) in [6, 6.07) is 23.3. The molecule has 3 aliphatic carbocycles. The van der Waals surface area contributed by atoms with E-state index in [1.807, 2.05) is 0 Å². The van der Waals surface area contributed by atoms with Gasteiger partial charge in [0.1, 0.15) is 0 Å². The van der Waals surface area contributed by atoms with Gasteiger partial charge in [-0.15, -0.1) is 0 Å². The summed E-state index contributed by atoms with van der Waals surface area (Å²) >= 11 is -4.80. The van der Waals surface area contributed by atoms with Crippen LogP contribution >= 0.6 is 17.0 Å². The summed E-state index contributed by atoms with van der Waals surface area (Å²) < 4.78 is 0.342. The van der Waals surface area contributed by atoms with Gasteiger partial charge < -0.3 is 0 Å². The number of hydrogen-bond donors (Lipinski definition) is 0. The zero-order chi connectivity index (χ0) is 33.0. The normalized spacial score (nSPS) is 24.3. The van der Waals surface area contributed by atoms with Gasteiger partial charge in [-0.1, -0.05) is 0 Å². The van der Waals surface area contributed by atoms with Crippen molar-refractivity contribution >= 4 is 35.1 Å². The van der Waals surface area contributed by atoms with Crippen molar-refractivity contribution in [1.29, 1.82) is 0 Å². The number of hydrogen-bond acceptors (Lipinski definition) is 0. The Morgan fingerprint density at radius 1 is 0.783 bits per heavy atom. The van der Waals surface area contributed by atoms with Crippen LogP contribution in [0.2, 0.25) is 13.1 Å². The van der Waals surface area contributed by atoms with E-state index in [4.69, 9.17) is 17.0 Å². The van der Waals surface area contributed by atoms with Gasteiger partial charge in [0.2, 0.25) is 0 Å². The third kappa shape index (κ3) is 5.68. The molecule has 245 valence electrons. The van der Waals surface area contributed by atoms with Gasteiger partial charge in [0.25, 0.3) is 0 Å². The van der Waals surface area contributed by atoms with Gasteiger partial charge in [-0.3, -0.25) is 0 Å². The Hall–Kier alpha value is -1.18. The first-order valence-electron chi connectivity index (χ1n) is 18.3. The third-order valence-corrected chi connectivity index (χ3v) is 64.2. The zero-order valence-electron chi connectivity index (χ0n) is 29.5. The average molecular weight is 750 g/mol. The number of allylic oxidation sites excluding steroid dienone is 2. The summed E-state index contributed by atoms with van der Waals surface area (Å²) in [4.78, 5) is 0. The molecule has 0 heterocycles. The first kappa shape index (κ1) is 34.7. The zero-order valence-corrected chi connectivity index (χ0v) is 34.6. The van der Waals surface area contributed by atoms with Crippen LogP contribution in [-0.2, 0) is 15.6 Å². The molecule has 0 N–H and O–H groups in total. The molecule has 3 aromatic carbocycles. The molecule has 3 unspecified atom stereocenters. The van der Waals surface area contributed by atoms with Crippen molar-refractivity contribution in [2.24, 2.45) is 11.8 Å². The number of fused-ring (bicyclic) bond motifs is 2. The fraction of sp³-hybridized carbons (Fsp3) is 0.476. The monoisotopic (exact) mass is 747 g/mol. The van der Waals surface area contributed by atoms with Crippen molar-refractivity contribution in [2.45, 2.75) is 112 Å². The van der Waals surface area contributed by atoms with Gasteiger partial charge in [-0.05, 0) is 0 Å². The van der Waals surface area contributed by atoms with Crippen LogP contribution in [0.3, 0.4) is 0 Å². The summed E-state index contributed by atoms with van der Waals surface area (Å²) in [7, 11) is 17.6. The minimum atomic E-state index is -4.80. The van der Waals surface area contributed by atoms with E-state index in [0.717, 1.165) is 18.8 Å². The van der Waals surface area contributed by atoms with E-state index in [1.54, 1.807) is 5.57 Å². The Kier molecular flexibility index (Phi) is 10.0. The van der Waals surface area contributed by atoms with Gasteiger partial charge in [0, 0.05) is 0 Å². The van der Waals surface area contributed by atoms with E-state index >= 15 is 0 Å². The Morgan fingerprint density at radius 2 is 1.41 bits per heavy atom. The minimum absolute atomic E-state index is 0.153. The topological polar surface area (TPSA) is 0 Å². The van der Waals surface area contributed by atoms with Crippen LogP contribution in [0.5, 0.6) is 0 Å². The molecule has 0 radical (unpaired) electrons. The van der Waals surface area contributed by atoms with Crippen molar-refractivity contribution < 1.29 is 15.6 Å². The van der Waals surface area contributed by atoms with Crippen molar-refractivity contribution in [2.75, 3.05) is 0 Å². The standard InChI is InChI=1S/C20H27.C20H21.C2H7Si.2ClH.Zr/c1-4-15(3)19-7-5-6-17-12-18(13-20(17)19)16-10-8-14(2)9-11-16;1-4-15-12-18-6-5-7-19(20(18)13-15)17-10-8-16(9-11-17)14(2)3;1-3-2;;;/h5-7,12-16H,4,8-11H2,1-3H3;5-14H,4H2,1-3H3;3H,1-2H3;2*1H;/q;;;;;+2/p-2. The molecule has 0 nitrogen and oxygen atoms in total. The van der Waals surface area contributed by atoms with Gasteiger partial charge in [0.05, 0.1) is 0 Å². The molecule has 0 aliphatic heterocycles. The van der Waals surface area contributed by atoms with Crippen LogP contribution < -0.4 is 0 Å². The predicted molar refractivity (Wildman–Crippen MR) is 205 cm³/mol. The van der Waals surface area contributed by atoms with Crippen molar-refractivity contribution in [3.05, 3.63) is 105 Å². The molecular weight excluding hydrogens is 695 g/mol. The second kappa shape index (κ2) is 13.3. The Balaban J connectivity index is 1.56. The second-order valence-corrected chi connectivity index (χ2v) is 58.2. The van der Waals surface area contributed by atoms with Gasteiger partial charge in [-0.2, -0.15) is 0 Å². The van der Waals surface area contributed by atoms with Crippen LogP contribution in [0, 0.1) is 11.8 Å². The maximum atomic E-state index is 8.79. The van der Waals surface area contributed by atoms with E-state index in [-0.39, 0.29) is 7.25 Å². The molecule has 46 heavy (non-hydrogen) atoms. The van der Waals surface area contributed by atoms with Crippen LogP contribution in [0.15, 0.2) is 71.8 Å². The number of benzene rings is 3. The fourth-order valence-electron chi connectivity index (χ4n) is 9.22.